The van der Waals surface area contributed by atoms with Crippen LogP contribution in [0, 0.1) is 40.9 Å². The van der Waals surface area contributed by atoms with Gasteiger partial charge >= 0.3 is 0 Å². The molecule has 0 saturated heterocycles. The van der Waals surface area contributed by atoms with Gasteiger partial charge in [-0.3, -0.25) is 14.4 Å². The Bertz CT molecular complexity index is 807. The number of carbonyl (C=O) groups excluding carboxylic acids is 3. The Kier molecular flexibility index (Phi) is 13.7. The maximum Gasteiger partial charge on any atom is 0.236 e. The van der Waals surface area contributed by atoms with Crippen molar-refractivity contribution in [2.75, 3.05) is 0 Å². The van der Waals surface area contributed by atoms with Crippen molar-refractivity contribution in [2.24, 2.45) is 40.9 Å². The molecule has 3 amide bonds. The van der Waals surface area contributed by atoms with Crippen LogP contribution in [0.15, 0.2) is 0 Å². The molecule has 3 N–H and O–H groups in total. The number of hydrogen-bond acceptors (Lipinski definition) is 3. The first-order valence-electron chi connectivity index (χ1n) is 17.9. The summed E-state index contributed by atoms with van der Waals surface area (Å²) in [5.41, 5.74) is -1.42. The fourth-order valence-electron chi connectivity index (χ4n) is 8.05. The van der Waals surface area contributed by atoms with Crippen molar-refractivity contribution >= 4 is 17.7 Å². The SMILES string of the molecule is CCC(C)C1CCC(NC(=O)CC(C)(C(=O)NC2CCC(C(C)CC)CC2)C(=O)NC2CCC(C(C)CC)CC2)CC1. The summed E-state index contributed by atoms with van der Waals surface area (Å²) in [6.07, 6.45) is 16.0. The van der Waals surface area contributed by atoms with Gasteiger partial charge in [0.05, 0.1) is 0 Å². The van der Waals surface area contributed by atoms with Crippen LogP contribution in [0.3, 0.4) is 0 Å². The Hall–Kier alpha value is -1.59. The molecule has 0 spiro atoms. The van der Waals surface area contributed by atoms with Crippen LogP contribution in [0.4, 0.5) is 0 Å². The van der Waals surface area contributed by atoms with Crippen LogP contribution in [0.25, 0.3) is 0 Å². The van der Waals surface area contributed by atoms with E-state index in [1.165, 1.54) is 19.3 Å². The lowest BCUT2D eigenvalue weighted by molar-refractivity contribution is -0.147. The van der Waals surface area contributed by atoms with E-state index in [-0.39, 0.29) is 42.3 Å². The van der Waals surface area contributed by atoms with Crippen LogP contribution in [-0.4, -0.2) is 35.8 Å². The summed E-state index contributed by atoms with van der Waals surface area (Å²) in [6, 6.07) is 0.296. The van der Waals surface area contributed by atoms with E-state index >= 15 is 0 Å². The molecule has 0 heterocycles. The number of nitrogens with one attached hydrogen (secondary N) is 3. The molecule has 3 rings (SSSR count). The first-order valence-corrected chi connectivity index (χ1v) is 17.9. The third kappa shape index (κ3) is 9.45. The molecule has 6 heteroatoms. The van der Waals surface area contributed by atoms with Gasteiger partial charge in [-0.2, -0.15) is 0 Å². The monoisotopic (exact) mass is 588 g/mol. The van der Waals surface area contributed by atoms with Gasteiger partial charge in [0.15, 0.2) is 0 Å². The molecule has 0 radical (unpaired) electrons. The standard InChI is InChI=1S/C36H65N3O3/c1-8-24(4)27-11-17-30(18-12-27)37-33(40)23-36(7,34(41)38-31-19-13-28(14-20-31)25(5)9-2)35(42)39-32-21-15-29(16-22-32)26(6)10-3/h24-32H,8-23H2,1-7H3,(H,37,40)(H,38,41)(H,39,42). The predicted octanol–water partition coefficient (Wildman–Crippen LogP) is 7.55. The zero-order valence-corrected chi connectivity index (χ0v) is 28.2. The Morgan fingerprint density at radius 2 is 0.833 bits per heavy atom. The first kappa shape index (κ1) is 34.9. The Morgan fingerprint density at radius 3 is 1.12 bits per heavy atom. The molecule has 3 fully saturated rings. The lowest BCUT2D eigenvalue weighted by Gasteiger charge is -2.37. The van der Waals surface area contributed by atoms with Crippen LogP contribution in [0.1, 0.15) is 151 Å². The largest absolute Gasteiger partial charge is 0.353 e. The minimum Gasteiger partial charge on any atom is -0.353 e. The number of rotatable bonds is 13. The molecule has 3 saturated carbocycles. The Balaban J connectivity index is 1.63. The maximum absolute atomic E-state index is 13.9. The average molecular weight is 588 g/mol. The van der Waals surface area contributed by atoms with E-state index in [1.54, 1.807) is 6.92 Å². The molecule has 42 heavy (non-hydrogen) atoms. The van der Waals surface area contributed by atoms with Crippen molar-refractivity contribution in [3.05, 3.63) is 0 Å². The minimum atomic E-state index is -1.42. The van der Waals surface area contributed by atoms with Crippen LogP contribution in [0.5, 0.6) is 0 Å². The van der Waals surface area contributed by atoms with Gasteiger partial charge in [0, 0.05) is 24.5 Å². The normalized spacial score (nSPS) is 32.1. The summed E-state index contributed by atoms with van der Waals surface area (Å²) >= 11 is 0. The van der Waals surface area contributed by atoms with E-state index in [0.29, 0.717) is 23.7 Å². The molecule has 3 unspecified atom stereocenters. The van der Waals surface area contributed by atoms with Gasteiger partial charge in [-0.15, -0.1) is 0 Å². The molecule has 0 aliphatic heterocycles. The zero-order valence-electron chi connectivity index (χ0n) is 28.2. The van der Waals surface area contributed by atoms with E-state index in [0.717, 1.165) is 88.9 Å². The molecule has 0 bridgehead atoms. The van der Waals surface area contributed by atoms with Gasteiger partial charge in [-0.25, -0.2) is 0 Å². The fraction of sp³-hybridized carbons (Fsp3) is 0.917. The molecule has 0 aromatic heterocycles. The molecule has 3 aliphatic rings. The molecule has 0 aromatic rings. The highest BCUT2D eigenvalue weighted by molar-refractivity contribution is 6.07. The van der Waals surface area contributed by atoms with Gasteiger partial charge in [0.1, 0.15) is 5.41 Å². The molecular weight excluding hydrogens is 522 g/mol. The van der Waals surface area contributed by atoms with E-state index < -0.39 is 5.41 Å². The van der Waals surface area contributed by atoms with Crippen LogP contribution in [-0.2, 0) is 14.4 Å². The molecule has 242 valence electrons. The van der Waals surface area contributed by atoms with Gasteiger partial charge in [0.25, 0.3) is 0 Å². The van der Waals surface area contributed by atoms with Crippen molar-refractivity contribution in [1.29, 1.82) is 0 Å². The predicted molar refractivity (Wildman–Crippen MR) is 173 cm³/mol. The summed E-state index contributed by atoms with van der Waals surface area (Å²) < 4.78 is 0. The lowest BCUT2D eigenvalue weighted by atomic mass is 9.76. The second kappa shape index (κ2) is 16.5. The average Bonchev–Trinajstić information content (AvgIpc) is 3.00. The fourth-order valence-corrected chi connectivity index (χ4v) is 8.05. The lowest BCUT2D eigenvalue weighted by Crippen LogP contribution is -2.56. The van der Waals surface area contributed by atoms with Gasteiger partial charge in [-0.1, -0.05) is 60.8 Å². The number of carbonyl (C=O) groups is 3. The summed E-state index contributed by atoms with van der Waals surface area (Å²) in [5.74, 6) is 3.56. The highest BCUT2D eigenvalue weighted by Gasteiger charge is 2.45. The van der Waals surface area contributed by atoms with Gasteiger partial charge in [-0.05, 0) is 119 Å². The van der Waals surface area contributed by atoms with Gasteiger partial charge < -0.3 is 16.0 Å². The van der Waals surface area contributed by atoms with Crippen molar-refractivity contribution < 1.29 is 14.4 Å². The second-order valence-corrected chi connectivity index (χ2v) is 15.0. The third-order valence-electron chi connectivity index (χ3n) is 12.2. The Labute approximate surface area is 258 Å². The highest BCUT2D eigenvalue weighted by atomic mass is 16.2. The maximum atomic E-state index is 13.9. The number of hydrogen-bond donors (Lipinski definition) is 3. The van der Waals surface area contributed by atoms with E-state index in [1.807, 2.05) is 0 Å². The van der Waals surface area contributed by atoms with Crippen molar-refractivity contribution in [3.8, 4) is 0 Å². The molecular formula is C36H65N3O3. The molecule has 3 atom stereocenters. The van der Waals surface area contributed by atoms with Crippen LogP contribution >= 0.6 is 0 Å². The highest BCUT2D eigenvalue weighted by Crippen LogP contribution is 2.35. The first-order chi connectivity index (χ1) is 20.0. The minimum absolute atomic E-state index is 0.0785. The quantitative estimate of drug-likeness (QED) is 0.195. The third-order valence-corrected chi connectivity index (χ3v) is 12.2. The summed E-state index contributed by atoms with van der Waals surface area (Å²) in [6.45, 7) is 15.5. The van der Waals surface area contributed by atoms with E-state index in [9.17, 15) is 14.4 Å². The van der Waals surface area contributed by atoms with Crippen molar-refractivity contribution in [2.45, 2.75) is 169 Å². The second-order valence-electron chi connectivity index (χ2n) is 15.0. The van der Waals surface area contributed by atoms with E-state index in [4.69, 9.17) is 0 Å². The van der Waals surface area contributed by atoms with E-state index in [2.05, 4.69) is 57.5 Å². The van der Waals surface area contributed by atoms with Crippen LogP contribution < -0.4 is 16.0 Å². The smallest absolute Gasteiger partial charge is 0.236 e. The molecule has 3 aliphatic carbocycles. The topological polar surface area (TPSA) is 87.3 Å². The summed E-state index contributed by atoms with van der Waals surface area (Å²) in [4.78, 5) is 41.2. The van der Waals surface area contributed by atoms with Gasteiger partial charge in [0.2, 0.25) is 17.7 Å². The van der Waals surface area contributed by atoms with Crippen molar-refractivity contribution in [1.82, 2.24) is 16.0 Å². The Morgan fingerprint density at radius 1 is 0.548 bits per heavy atom. The number of amides is 3. The zero-order chi connectivity index (χ0) is 30.9. The summed E-state index contributed by atoms with van der Waals surface area (Å²) in [7, 11) is 0. The van der Waals surface area contributed by atoms with Crippen molar-refractivity contribution in [3.63, 3.8) is 0 Å². The molecule has 6 nitrogen and oxygen atoms in total. The van der Waals surface area contributed by atoms with Crippen LogP contribution in [0.2, 0.25) is 0 Å². The summed E-state index contributed by atoms with van der Waals surface area (Å²) in [5, 5.41) is 9.70. The molecule has 0 aromatic carbocycles.